The number of halogens is 1. The number of amides is 1. The first kappa shape index (κ1) is 19.4. The molecule has 2 rings (SSSR count). The summed E-state index contributed by atoms with van der Waals surface area (Å²) in [5.41, 5.74) is 1.01. The molecule has 1 amide bonds. The minimum absolute atomic E-state index is 0.157. The average Bonchev–Trinajstić information content (AvgIpc) is 2.56. The van der Waals surface area contributed by atoms with Gasteiger partial charge < -0.3 is 10.1 Å². The van der Waals surface area contributed by atoms with E-state index in [1.165, 1.54) is 20.2 Å². The lowest BCUT2D eigenvalue weighted by Gasteiger charge is -2.15. The minimum atomic E-state index is -3.58. The van der Waals surface area contributed by atoms with Crippen LogP contribution in [0.2, 0.25) is 0 Å². The molecule has 2 aromatic carbocycles. The third-order valence-corrected chi connectivity index (χ3v) is 5.90. The van der Waals surface area contributed by atoms with Crippen molar-refractivity contribution in [2.24, 2.45) is 0 Å². The Labute approximate surface area is 156 Å². The Morgan fingerprint density at radius 2 is 1.80 bits per heavy atom. The molecule has 0 saturated heterocycles. The average molecular weight is 427 g/mol. The minimum Gasteiger partial charge on any atom is -0.484 e. The van der Waals surface area contributed by atoms with Crippen LogP contribution < -0.4 is 10.1 Å². The standard InChI is InChI=1S/C17H19BrN2O4S/c1-12-4-7-14(10-16(12)25(22,23)20(2)3)19-17(21)11-24-15-8-5-13(18)6-9-15/h4-10H,11H2,1-3H3,(H,19,21). The molecule has 0 aliphatic heterocycles. The van der Waals surface area contributed by atoms with Crippen LogP contribution in [0, 0.1) is 6.92 Å². The van der Waals surface area contributed by atoms with Crippen LogP contribution in [0.3, 0.4) is 0 Å². The van der Waals surface area contributed by atoms with Gasteiger partial charge in [0, 0.05) is 24.3 Å². The molecule has 0 atom stereocenters. The van der Waals surface area contributed by atoms with Crippen molar-refractivity contribution >= 4 is 37.5 Å². The van der Waals surface area contributed by atoms with Crippen LogP contribution in [0.25, 0.3) is 0 Å². The third kappa shape index (κ3) is 5.04. The Morgan fingerprint density at radius 1 is 1.16 bits per heavy atom. The van der Waals surface area contributed by atoms with Gasteiger partial charge in [-0.3, -0.25) is 4.79 Å². The van der Waals surface area contributed by atoms with E-state index in [4.69, 9.17) is 4.74 Å². The smallest absolute Gasteiger partial charge is 0.262 e. The number of rotatable bonds is 6. The van der Waals surface area contributed by atoms with Crippen LogP contribution >= 0.6 is 15.9 Å². The maximum Gasteiger partial charge on any atom is 0.262 e. The molecule has 25 heavy (non-hydrogen) atoms. The lowest BCUT2D eigenvalue weighted by atomic mass is 10.2. The summed E-state index contributed by atoms with van der Waals surface area (Å²) < 4.78 is 32.1. The zero-order valence-electron chi connectivity index (χ0n) is 14.1. The maximum atomic E-state index is 12.3. The number of anilines is 1. The highest BCUT2D eigenvalue weighted by Gasteiger charge is 2.20. The number of nitrogens with one attached hydrogen (secondary N) is 1. The van der Waals surface area contributed by atoms with Gasteiger partial charge >= 0.3 is 0 Å². The number of hydrogen-bond acceptors (Lipinski definition) is 4. The predicted octanol–water partition coefficient (Wildman–Crippen LogP) is 3.03. The number of aryl methyl sites for hydroxylation is 1. The summed E-state index contributed by atoms with van der Waals surface area (Å²) in [6.07, 6.45) is 0. The molecule has 6 nitrogen and oxygen atoms in total. The molecule has 0 spiro atoms. The Morgan fingerprint density at radius 3 is 2.40 bits per heavy atom. The van der Waals surface area contributed by atoms with E-state index < -0.39 is 10.0 Å². The van der Waals surface area contributed by atoms with Crippen LogP contribution in [-0.2, 0) is 14.8 Å². The first-order valence-electron chi connectivity index (χ1n) is 7.41. The van der Waals surface area contributed by atoms with Gasteiger partial charge in [0.25, 0.3) is 5.91 Å². The molecule has 8 heteroatoms. The lowest BCUT2D eigenvalue weighted by molar-refractivity contribution is -0.118. The van der Waals surface area contributed by atoms with Crippen molar-refractivity contribution in [3.05, 3.63) is 52.5 Å². The van der Waals surface area contributed by atoms with E-state index in [-0.39, 0.29) is 17.4 Å². The van der Waals surface area contributed by atoms with Crippen molar-refractivity contribution in [2.75, 3.05) is 26.0 Å². The van der Waals surface area contributed by atoms with Crippen molar-refractivity contribution in [3.63, 3.8) is 0 Å². The highest BCUT2D eigenvalue weighted by Crippen LogP contribution is 2.22. The highest BCUT2D eigenvalue weighted by molar-refractivity contribution is 9.10. The number of carbonyl (C=O) groups is 1. The van der Waals surface area contributed by atoms with E-state index in [0.717, 1.165) is 8.78 Å². The fraction of sp³-hybridized carbons (Fsp3) is 0.235. The van der Waals surface area contributed by atoms with Crippen LogP contribution in [0.1, 0.15) is 5.56 Å². The second-order valence-corrected chi connectivity index (χ2v) is 8.59. The fourth-order valence-corrected chi connectivity index (χ4v) is 3.44. The molecule has 1 N–H and O–H groups in total. The van der Waals surface area contributed by atoms with Gasteiger partial charge in [0.05, 0.1) is 4.90 Å². The first-order valence-corrected chi connectivity index (χ1v) is 9.65. The van der Waals surface area contributed by atoms with Crippen molar-refractivity contribution in [1.29, 1.82) is 0 Å². The summed E-state index contributed by atoms with van der Waals surface area (Å²) >= 11 is 3.32. The second kappa shape index (κ2) is 7.99. The second-order valence-electron chi connectivity index (χ2n) is 5.56. The highest BCUT2D eigenvalue weighted by atomic mass is 79.9. The summed E-state index contributed by atoms with van der Waals surface area (Å²) in [4.78, 5) is 12.2. The van der Waals surface area contributed by atoms with Crippen molar-refractivity contribution in [1.82, 2.24) is 4.31 Å². The van der Waals surface area contributed by atoms with Gasteiger partial charge in [-0.2, -0.15) is 0 Å². The van der Waals surface area contributed by atoms with E-state index in [9.17, 15) is 13.2 Å². The van der Waals surface area contributed by atoms with Crippen LogP contribution in [0.15, 0.2) is 51.8 Å². The number of ether oxygens (including phenoxy) is 1. The Bertz CT molecular complexity index is 865. The molecule has 0 bridgehead atoms. The zero-order valence-corrected chi connectivity index (χ0v) is 16.5. The van der Waals surface area contributed by atoms with E-state index in [1.54, 1.807) is 31.2 Å². The summed E-state index contributed by atoms with van der Waals surface area (Å²) in [6, 6.07) is 11.9. The van der Waals surface area contributed by atoms with Gasteiger partial charge in [-0.05, 0) is 48.9 Å². The SMILES string of the molecule is Cc1ccc(NC(=O)COc2ccc(Br)cc2)cc1S(=O)(=O)N(C)C. The van der Waals surface area contributed by atoms with Gasteiger partial charge in [0.15, 0.2) is 6.61 Å². The van der Waals surface area contributed by atoms with Crippen molar-refractivity contribution in [3.8, 4) is 5.75 Å². The van der Waals surface area contributed by atoms with Crippen molar-refractivity contribution in [2.45, 2.75) is 11.8 Å². The molecule has 0 heterocycles. The molecule has 0 saturated carbocycles. The molecule has 134 valence electrons. The summed E-state index contributed by atoms with van der Waals surface area (Å²) in [7, 11) is -0.650. The quantitative estimate of drug-likeness (QED) is 0.769. The summed E-state index contributed by atoms with van der Waals surface area (Å²) in [6.45, 7) is 1.53. The number of hydrogen-bond donors (Lipinski definition) is 1. The third-order valence-electron chi connectivity index (χ3n) is 3.41. The molecular formula is C17H19BrN2O4S. The molecule has 2 aromatic rings. The molecule has 0 unspecified atom stereocenters. The lowest BCUT2D eigenvalue weighted by Crippen LogP contribution is -2.24. The van der Waals surface area contributed by atoms with E-state index >= 15 is 0 Å². The monoisotopic (exact) mass is 426 g/mol. The van der Waals surface area contributed by atoms with Crippen LogP contribution in [0.5, 0.6) is 5.75 Å². The number of carbonyl (C=O) groups excluding carboxylic acids is 1. The topological polar surface area (TPSA) is 75.7 Å². The van der Waals surface area contributed by atoms with Crippen molar-refractivity contribution < 1.29 is 17.9 Å². The van der Waals surface area contributed by atoms with Crippen LogP contribution in [0.4, 0.5) is 5.69 Å². The summed E-state index contributed by atoms with van der Waals surface area (Å²) in [5.74, 6) is 0.193. The Hall–Kier alpha value is -1.90. The van der Waals surface area contributed by atoms with Crippen LogP contribution in [-0.4, -0.2) is 39.3 Å². The van der Waals surface area contributed by atoms with E-state index in [0.29, 0.717) is 17.0 Å². The van der Waals surface area contributed by atoms with Gasteiger partial charge in [-0.15, -0.1) is 0 Å². The molecular weight excluding hydrogens is 408 g/mol. The Kier molecular flexibility index (Phi) is 6.21. The number of nitrogens with zero attached hydrogens (tertiary/aromatic N) is 1. The number of benzene rings is 2. The molecule has 0 aromatic heterocycles. The first-order chi connectivity index (χ1) is 11.7. The summed E-state index contributed by atoms with van der Waals surface area (Å²) in [5, 5.41) is 2.65. The van der Waals surface area contributed by atoms with Gasteiger partial charge in [-0.1, -0.05) is 22.0 Å². The van der Waals surface area contributed by atoms with Gasteiger partial charge in [-0.25, -0.2) is 12.7 Å². The van der Waals surface area contributed by atoms with Gasteiger partial charge in [0.1, 0.15) is 5.75 Å². The zero-order chi connectivity index (χ0) is 18.6. The fourth-order valence-electron chi connectivity index (χ4n) is 2.03. The van der Waals surface area contributed by atoms with E-state index in [2.05, 4.69) is 21.2 Å². The normalized spacial score (nSPS) is 11.4. The molecule has 0 radical (unpaired) electrons. The molecule has 0 fully saturated rings. The van der Waals surface area contributed by atoms with E-state index in [1.807, 2.05) is 12.1 Å². The van der Waals surface area contributed by atoms with Gasteiger partial charge in [0.2, 0.25) is 10.0 Å². The largest absolute Gasteiger partial charge is 0.484 e. The number of sulfonamides is 1. The molecule has 0 aliphatic carbocycles. The Balaban J connectivity index is 2.07. The molecule has 0 aliphatic rings. The maximum absolute atomic E-state index is 12.3. The predicted molar refractivity (Wildman–Crippen MR) is 100 cm³/mol.